The van der Waals surface area contributed by atoms with Crippen molar-refractivity contribution >= 4 is 39.0 Å². The second-order valence-corrected chi connectivity index (χ2v) is 10.8. The summed E-state index contributed by atoms with van der Waals surface area (Å²) in [4.78, 5) is 15.4. The Hall–Kier alpha value is -3.79. The maximum absolute atomic E-state index is 14.4. The summed E-state index contributed by atoms with van der Waals surface area (Å²) in [5.41, 5.74) is 4.21. The highest BCUT2D eigenvalue weighted by atomic mass is 79.9. The second kappa shape index (κ2) is 12.2. The molecule has 3 aromatic carbocycles. The Bertz CT molecular complexity index is 1380. The molecule has 0 aliphatic carbocycles. The highest BCUT2D eigenvalue weighted by Crippen LogP contribution is 2.36. The molecule has 1 heterocycles. The van der Waals surface area contributed by atoms with Gasteiger partial charge in [-0.15, -0.1) is 5.10 Å². The second-order valence-electron chi connectivity index (χ2n) is 9.92. The van der Waals surface area contributed by atoms with E-state index in [1.54, 1.807) is 6.07 Å². The lowest BCUT2D eigenvalue weighted by atomic mass is 9.97. The fraction of sp³-hybridized carbons (Fsp3) is 0.286. The van der Waals surface area contributed by atoms with E-state index in [1.165, 1.54) is 12.1 Å². The van der Waals surface area contributed by atoms with Gasteiger partial charge in [0.2, 0.25) is 0 Å². The highest BCUT2D eigenvalue weighted by molar-refractivity contribution is 9.10. The average molecular weight is 581 g/mol. The van der Waals surface area contributed by atoms with E-state index in [4.69, 9.17) is 0 Å². The molecule has 0 atom stereocenters. The van der Waals surface area contributed by atoms with Crippen molar-refractivity contribution in [2.24, 2.45) is 11.8 Å². The van der Waals surface area contributed by atoms with Crippen LogP contribution in [0.2, 0.25) is 0 Å². The number of tetrazole rings is 1. The molecule has 2 amide bonds. The standard InChI is InChI=1S/C28H31BrFN7O/c1-17(2)15-37(16-18(3)4)26-12-9-19(21-7-5-6-8-22(21)27-33-35-36-34-27)13-25(26)32-28(38)31-24-11-10-20(29)14-23(24)30/h5-14,17-18H,15-16H2,1-4H3,(H2,31,32,38)(H,33,34,35,36). The first-order valence-corrected chi connectivity index (χ1v) is 13.3. The molecule has 0 unspecified atom stereocenters. The fourth-order valence-electron chi connectivity index (χ4n) is 4.31. The zero-order valence-electron chi connectivity index (χ0n) is 21.8. The van der Waals surface area contributed by atoms with Gasteiger partial charge in [0.1, 0.15) is 5.82 Å². The molecule has 0 fully saturated rings. The van der Waals surface area contributed by atoms with Crippen molar-refractivity contribution in [1.82, 2.24) is 20.6 Å². The monoisotopic (exact) mass is 579 g/mol. The van der Waals surface area contributed by atoms with Gasteiger partial charge in [-0.25, -0.2) is 14.3 Å². The lowest BCUT2D eigenvalue weighted by Crippen LogP contribution is -2.32. The normalized spacial score (nSPS) is 11.2. The number of rotatable bonds is 9. The Labute approximate surface area is 230 Å². The first kappa shape index (κ1) is 27.3. The van der Waals surface area contributed by atoms with E-state index in [0.717, 1.165) is 35.5 Å². The van der Waals surface area contributed by atoms with Gasteiger partial charge in [-0.2, -0.15) is 0 Å². The van der Waals surface area contributed by atoms with Crippen molar-refractivity contribution in [3.8, 4) is 22.5 Å². The molecule has 0 bridgehead atoms. The SMILES string of the molecule is CC(C)CN(CC(C)C)c1ccc(-c2ccccc2-c2nnn[nH]2)cc1NC(=O)Nc1ccc(Br)cc1F. The van der Waals surface area contributed by atoms with Gasteiger partial charge in [0, 0.05) is 23.1 Å². The first-order chi connectivity index (χ1) is 18.2. The number of halogens is 2. The number of carbonyl (C=O) groups excluding carboxylic acids is 1. The molecule has 0 saturated heterocycles. The molecule has 38 heavy (non-hydrogen) atoms. The Kier molecular flexibility index (Phi) is 8.73. The molecule has 4 rings (SSSR count). The zero-order chi connectivity index (χ0) is 27.2. The van der Waals surface area contributed by atoms with Gasteiger partial charge in [0.25, 0.3) is 0 Å². The molecule has 0 saturated carbocycles. The van der Waals surface area contributed by atoms with Gasteiger partial charge in [-0.05, 0) is 63.7 Å². The number of hydrogen-bond acceptors (Lipinski definition) is 5. The largest absolute Gasteiger partial charge is 0.369 e. The van der Waals surface area contributed by atoms with Crippen LogP contribution in [0.15, 0.2) is 65.1 Å². The van der Waals surface area contributed by atoms with Crippen molar-refractivity contribution in [3.05, 3.63) is 71.0 Å². The molecular formula is C28H31BrFN7O. The van der Waals surface area contributed by atoms with E-state index in [-0.39, 0.29) is 5.69 Å². The third kappa shape index (κ3) is 6.74. The minimum atomic E-state index is -0.536. The molecule has 4 aromatic rings. The number of urea groups is 1. The molecule has 3 N–H and O–H groups in total. The Morgan fingerprint density at radius 2 is 1.63 bits per heavy atom. The predicted octanol–water partition coefficient (Wildman–Crippen LogP) is 7.20. The molecule has 198 valence electrons. The predicted molar refractivity (Wildman–Crippen MR) is 154 cm³/mol. The number of carbonyl (C=O) groups is 1. The molecule has 10 heteroatoms. The van der Waals surface area contributed by atoms with Crippen LogP contribution in [-0.4, -0.2) is 39.7 Å². The maximum atomic E-state index is 14.4. The van der Waals surface area contributed by atoms with E-state index >= 15 is 0 Å². The number of aromatic nitrogens is 4. The number of hydrogen-bond donors (Lipinski definition) is 3. The Morgan fingerprint density at radius 1 is 0.947 bits per heavy atom. The lowest BCUT2D eigenvalue weighted by molar-refractivity contribution is 0.262. The van der Waals surface area contributed by atoms with Crippen LogP contribution in [0.3, 0.4) is 0 Å². The van der Waals surface area contributed by atoms with Crippen LogP contribution in [0, 0.1) is 17.7 Å². The van der Waals surface area contributed by atoms with Gasteiger partial charge in [-0.3, -0.25) is 0 Å². The lowest BCUT2D eigenvalue weighted by Gasteiger charge is -2.31. The minimum absolute atomic E-state index is 0.0905. The van der Waals surface area contributed by atoms with Gasteiger partial charge in [0.05, 0.1) is 17.1 Å². The molecule has 0 aliphatic rings. The van der Waals surface area contributed by atoms with Crippen molar-refractivity contribution in [3.63, 3.8) is 0 Å². The van der Waals surface area contributed by atoms with Crippen molar-refractivity contribution in [2.75, 3.05) is 28.6 Å². The maximum Gasteiger partial charge on any atom is 0.323 e. The topological polar surface area (TPSA) is 98.8 Å². The van der Waals surface area contributed by atoms with E-state index in [1.807, 2.05) is 42.5 Å². The number of H-pyrrole nitrogens is 1. The number of nitrogens with zero attached hydrogens (tertiary/aromatic N) is 4. The third-order valence-corrected chi connectivity index (χ3v) is 6.27. The van der Waals surface area contributed by atoms with Gasteiger partial charge < -0.3 is 15.5 Å². The first-order valence-electron chi connectivity index (χ1n) is 12.5. The van der Waals surface area contributed by atoms with Crippen LogP contribution in [-0.2, 0) is 0 Å². The van der Waals surface area contributed by atoms with Crippen molar-refractivity contribution in [2.45, 2.75) is 27.7 Å². The quantitative estimate of drug-likeness (QED) is 0.195. The van der Waals surface area contributed by atoms with E-state index in [2.05, 4.69) is 79.8 Å². The summed E-state index contributed by atoms with van der Waals surface area (Å²) in [5, 5.41) is 19.9. The number of nitrogens with one attached hydrogen (secondary N) is 3. The number of anilines is 3. The molecule has 0 aliphatic heterocycles. The molecule has 0 spiro atoms. The van der Waals surface area contributed by atoms with Crippen LogP contribution >= 0.6 is 15.9 Å². The summed E-state index contributed by atoms with van der Waals surface area (Å²) >= 11 is 3.24. The van der Waals surface area contributed by atoms with Crippen molar-refractivity contribution in [1.29, 1.82) is 0 Å². The van der Waals surface area contributed by atoms with Crippen LogP contribution < -0.4 is 15.5 Å². The molecule has 8 nitrogen and oxygen atoms in total. The smallest absolute Gasteiger partial charge is 0.323 e. The van der Waals surface area contributed by atoms with Crippen LogP contribution in [0.5, 0.6) is 0 Å². The fourth-order valence-corrected chi connectivity index (χ4v) is 4.65. The van der Waals surface area contributed by atoms with Gasteiger partial charge in [-0.1, -0.05) is 74.0 Å². The Morgan fingerprint density at radius 3 is 2.26 bits per heavy atom. The molecular weight excluding hydrogens is 549 g/mol. The van der Waals surface area contributed by atoms with Crippen molar-refractivity contribution < 1.29 is 9.18 Å². The van der Waals surface area contributed by atoms with E-state index < -0.39 is 11.8 Å². The average Bonchev–Trinajstić information content (AvgIpc) is 3.40. The van der Waals surface area contributed by atoms with Crippen LogP contribution in [0.4, 0.5) is 26.2 Å². The summed E-state index contributed by atoms with van der Waals surface area (Å²) in [7, 11) is 0. The summed E-state index contributed by atoms with van der Waals surface area (Å²) < 4.78 is 15.0. The van der Waals surface area contributed by atoms with E-state index in [9.17, 15) is 9.18 Å². The molecule has 1 aromatic heterocycles. The van der Waals surface area contributed by atoms with Gasteiger partial charge >= 0.3 is 6.03 Å². The zero-order valence-corrected chi connectivity index (χ0v) is 23.4. The summed E-state index contributed by atoms with van der Waals surface area (Å²) in [6.45, 7) is 10.3. The summed E-state index contributed by atoms with van der Waals surface area (Å²) in [5.74, 6) is 0.835. The Balaban J connectivity index is 1.75. The number of aromatic amines is 1. The van der Waals surface area contributed by atoms with E-state index in [0.29, 0.717) is 27.8 Å². The van der Waals surface area contributed by atoms with Crippen LogP contribution in [0.25, 0.3) is 22.5 Å². The minimum Gasteiger partial charge on any atom is -0.369 e. The number of amides is 2. The number of benzene rings is 3. The summed E-state index contributed by atoms with van der Waals surface area (Å²) in [6, 6.07) is 17.7. The van der Waals surface area contributed by atoms with Gasteiger partial charge in [0.15, 0.2) is 5.82 Å². The highest BCUT2D eigenvalue weighted by Gasteiger charge is 2.19. The summed E-state index contributed by atoms with van der Waals surface area (Å²) in [6.07, 6.45) is 0. The third-order valence-electron chi connectivity index (χ3n) is 5.77. The molecule has 0 radical (unpaired) electrons. The van der Waals surface area contributed by atoms with Crippen LogP contribution in [0.1, 0.15) is 27.7 Å².